The Kier molecular flexibility index (Phi) is 5.37. The van der Waals surface area contributed by atoms with Gasteiger partial charge in [-0.1, -0.05) is 24.8 Å². The lowest BCUT2D eigenvalue weighted by Crippen LogP contribution is -2.49. The highest BCUT2D eigenvalue weighted by atomic mass is 28.4. The Morgan fingerprint density at radius 2 is 1.59 bits per heavy atom. The van der Waals surface area contributed by atoms with Gasteiger partial charge in [0.15, 0.2) is 6.23 Å². The molecule has 1 aromatic carbocycles. The fourth-order valence-electron chi connectivity index (χ4n) is 1.30. The van der Waals surface area contributed by atoms with Crippen LogP contribution in [0, 0.1) is 0 Å². The quantitative estimate of drug-likeness (QED) is 0.698. The zero-order valence-corrected chi connectivity index (χ0v) is 11.4. The summed E-state index contributed by atoms with van der Waals surface area (Å²) >= 11 is 0. The van der Waals surface area contributed by atoms with E-state index in [1.54, 1.807) is 27.4 Å². The van der Waals surface area contributed by atoms with E-state index in [1.165, 1.54) is 0 Å². The number of hydrogen-bond donors (Lipinski definition) is 0. The third-order valence-corrected chi connectivity index (χ3v) is 4.83. The summed E-state index contributed by atoms with van der Waals surface area (Å²) in [6, 6.07) is 7.60. The molecule has 0 aliphatic carbocycles. The molecule has 0 heterocycles. The molecular weight excluding hydrogens is 236 g/mol. The highest BCUT2D eigenvalue weighted by Gasteiger charge is 2.39. The molecule has 0 saturated heterocycles. The summed E-state index contributed by atoms with van der Waals surface area (Å²) in [5.74, 6) is 0.749. The van der Waals surface area contributed by atoms with Crippen LogP contribution in [0.1, 0.15) is 5.56 Å². The Bertz CT molecular complexity index is 338. The van der Waals surface area contributed by atoms with Gasteiger partial charge in [0.25, 0.3) is 0 Å². The zero-order chi connectivity index (χ0) is 12.7. The minimum atomic E-state index is -2.66. The fraction of sp³-hybridized carbons (Fsp3) is 0.333. The molecule has 0 amide bonds. The Morgan fingerprint density at radius 3 is 2.00 bits per heavy atom. The van der Waals surface area contributed by atoms with E-state index >= 15 is 0 Å². The van der Waals surface area contributed by atoms with E-state index in [2.05, 4.69) is 6.58 Å². The van der Waals surface area contributed by atoms with E-state index < -0.39 is 8.80 Å². The monoisotopic (exact) mass is 254 g/mol. The summed E-state index contributed by atoms with van der Waals surface area (Å²) in [6.07, 6.45) is 2.06. The van der Waals surface area contributed by atoms with Crippen LogP contribution in [0.2, 0.25) is 0 Å². The molecule has 17 heavy (non-hydrogen) atoms. The lowest BCUT2D eigenvalue weighted by molar-refractivity contribution is 0.100. The van der Waals surface area contributed by atoms with Crippen molar-refractivity contribution in [2.24, 2.45) is 0 Å². The van der Waals surface area contributed by atoms with Gasteiger partial charge in [-0.15, -0.1) is 0 Å². The molecule has 0 radical (unpaired) electrons. The van der Waals surface area contributed by atoms with Gasteiger partial charge in [-0.05, 0) is 17.7 Å². The van der Waals surface area contributed by atoms with Gasteiger partial charge < -0.3 is 18.0 Å². The van der Waals surface area contributed by atoms with E-state index in [9.17, 15) is 0 Å². The Hall–Kier alpha value is -1.14. The largest absolute Gasteiger partial charge is 0.539 e. The molecule has 0 fully saturated rings. The Balaban J connectivity index is 2.62. The van der Waals surface area contributed by atoms with E-state index in [0.717, 1.165) is 11.3 Å². The van der Waals surface area contributed by atoms with Crippen molar-refractivity contribution in [2.45, 2.75) is 0 Å². The van der Waals surface area contributed by atoms with Gasteiger partial charge >= 0.3 is 8.80 Å². The second-order valence-corrected chi connectivity index (χ2v) is 6.24. The zero-order valence-electron chi connectivity index (χ0n) is 10.4. The number of ether oxygens (including phenoxy) is 1. The maximum atomic E-state index is 5.60. The molecule has 5 heteroatoms. The van der Waals surface area contributed by atoms with Gasteiger partial charge in [-0.3, -0.25) is 0 Å². The summed E-state index contributed by atoms with van der Waals surface area (Å²) in [6.45, 7) is 3.69. The standard InChI is InChI=1S/C12H18O4Si/c1-5-11-6-8-12(9-7-11)16-10-17(13-2,14-3)15-4/h5-9H,1,10H2,2-4H3. The van der Waals surface area contributed by atoms with Gasteiger partial charge in [-0.25, -0.2) is 0 Å². The summed E-state index contributed by atoms with van der Waals surface area (Å²) in [7, 11) is 2.01. The van der Waals surface area contributed by atoms with Crippen LogP contribution in [0.5, 0.6) is 5.75 Å². The molecule has 4 nitrogen and oxygen atoms in total. The van der Waals surface area contributed by atoms with Crippen LogP contribution in [0.3, 0.4) is 0 Å². The van der Waals surface area contributed by atoms with Crippen molar-refractivity contribution >= 4 is 14.9 Å². The molecule has 0 aromatic heterocycles. The molecule has 94 valence electrons. The van der Waals surface area contributed by atoms with Crippen molar-refractivity contribution in [3.05, 3.63) is 36.4 Å². The molecule has 0 saturated carbocycles. The maximum Gasteiger partial charge on any atom is 0.539 e. The van der Waals surface area contributed by atoms with E-state index in [1.807, 2.05) is 24.3 Å². The first-order valence-corrected chi connectivity index (χ1v) is 7.13. The fourth-order valence-corrected chi connectivity index (χ4v) is 2.50. The topological polar surface area (TPSA) is 36.9 Å². The molecule has 0 spiro atoms. The first kappa shape index (κ1) is 13.9. The lowest BCUT2D eigenvalue weighted by Gasteiger charge is -2.24. The summed E-state index contributed by atoms with van der Waals surface area (Å²) < 4.78 is 21.4. The predicted octanol–water partition coefficient (Wildman–Crippen LogP) is 2.13. The van der Waals surface area contributed by atoms with Crippen molar-refractivity contribution in [3.63, 3.8) is 0 Å². The van der Waals surface area contributed by atoms with Gasteiger partial charge in [0.05, 0.1) is 0 Å². The normalized spacial score (nSPS) is 11.2. The average molecular weight is 254 g/mol. The van der Waals surface area contributed by atoms with Gasteiger partial charge in [0, 0.05) is 21.3 Å². The number of rotatable bonds is 7. The van der Waals surface area contributed by atoms with Crippen LogP contribution in [0.4, 0.5) is 0 Å². The van der Waals surface area contributed by atoms with Crippen LogP contribution in [0.25, 0.3) is 6.08 Å². The van der Waals surface area contributed by atoms with Crippen molar-refractivity contribution in [2.75, 3.05) is 27.6 Å². The van der Waals surface area contributed by atoms with Crippen LogP contribution in [-0.4, -0.2) is 36.4 Å². The van der Waals surface area contributed by atoms with Crippen LogP contribution >= 0.6 is 0 Å². The first-order valence-electron chi connectivity index (χ1n) is 5.20. The minimum absolute atomic E-state index is 0.282. The molecule has 0 unspecified atom stereocenters. The molecule has 0 aliphatic heterocycles. The smallest absolute Gasteiger partial charge is 0.489 e. The third kappa shape index (κ3) is 3.67. The van der Waals surface area contributed by atoms with E-state index in [4.69, 9.17) is 18.0 Å². The van der Waals surface area contributed by atoms with Gasteiger partial charge in [0.2, 0.25) is 0 Å². The van der Waals surface area contributed by atoms with E-state index in [0.29, 0.717) is 0 Å². The molecule has 0 aliphatic rings. The number of hydrogen-bond acceptors (Lipinski definition) is 4. The number of benzene rings is 1. The van der Waals surface area contributed by atoms with Gasteiger partial charge in [-0.2, -0.15) is 0 Å². The molecular formula is C12H18O4Si. The highest BCUT2D eigenvalue weighted by molar-refractivity contribution is 6.60. The highest BCUT2D eigenvalue weighted by Crippen LogP contribution is 2.15. The molecule has 1 aromatic rings. The lowest BCUT2D eigenvalue weighted by atomic mass is 10.2. The maximum absolute atomic E-state index is 5.60. The second-order valence-electron chi connectivity index (χ2n) is 3.36. The van der Waals surface area contributed by atoms with Crippen LogP contribution in [-0.2, 0) is 13.3 Å². The second kappa shape index (κ2) is 6.56. The van der Waals surface area contributed by atoms with E-state index in [-0.39, 0.29) is 6.23 Å². The van der Waals surface area contributed by atoms with Crippen molar-refractivity contribution in [3.8, 4) is 5.75 Å². The SMILES string of the molecule is C=Cc1ccc(OC[Si](OC)(OC)OC)cc1. The molecule has 0 N–H and O–H groups in total. The first-order chi connectivity index (χ1) is 8.19. The van der Waals surface area contributed by atoms with Crippen molar-refractivity contribution < 1.29 is 18.0 Å². The minimum Gasteiger partial charge on any atom is -0.489 e. The van der Waals surface area contributed by atoms with Gasteiger partial charge in [0.1, 0.15) is 5.75 Å². The molecule has 1 rings (SSSR count). The summed E-state index contributed by atoms with van der Waals surface area (Å²) in [4.78, 5) is 0. The average Bonchev–Trinajstić information content (AvgIpc) is 2.41. The summed E-state index contributed by atoms with van der Waals surface area (Å²) in [5.41, 5.74) is 1.05. The molecule has 0 atom stereocenters. The van der Waals surface area contributed by atoms with Crippen LogP contribution < -0.4 is 4.74 Å². The van der Waals surface area contributed by atoms with Crippen molar-refractivity contribution in [1.82, 2.24) is 0 Å². The summed E-state index contributed by atoms with van der Waals surface area (Å²) in [5, 5.41) is 0. The van der Waals surface area contributed by atoms with Crippen molar-refractivity contribution in [1.29, 1.82) is 0 Å². The Labute approximate surface area is 103 Å². The van der Waals surface area contributed by atoms with Crippen LogP contribution in [0.15, 0.2) is 30.8 Å². The molecule has 0 bridgehead atoms. The predicted molar refractivity (Wildman–Crippen MR) is 68.8 cm³/mol. The Morgan fingerprint density at radius 1 is 1.06 bits per heavy atom. The third-order valence-electron chi connectivity index (χ3n) is 2.46.